The predicted octanol–water partition coefficient (Wildman–Crippen LogP) is 3.88. The molecule has 1 heterocycles. The van der Waals surface area contributed by atoms with E-state index in [4.69, 9.17) is 40.5 Å². The Morgan fingerprint density at radius 2 is 1.84 bits per heavy atom. The number of benzene rings is 1. The number of halogens is 3. The largest absolute Gasteiger partial charge is 0.384 e. The minimum absolute atomic E-state index is 0.0257. The number of anilines is 2. The van der Waals surface area contributed by atoms with E-state index in [-0.39, 0.29) is 21.6 Å². The molecule has 0 aliphatic carbocycles. The molecule has 19 heavy (non-hydrogen) atoms. The third-order valence-electron chi connectivity index (χ3n) is 2.28. The van der Waals surface area contributed by atoms with Gasteiger partial charge in [0.15, 0.2) is 0 Å². The number of rotatable bonds is 2. The highest BCUT2D eigenvalue weighted by Crippen LogP contribution is 2.30. The smallest absolute Gasteiger partial charge is 0.275 e. The summed E-state index contributed by atoms with van der Waals surface area (Å²) in [5.74, 6) is -0.312. The molecular weight excluding hydrogens is 309 g/mol. The Morgan fingerprint density at radius 3 is 2.58 bits per heavy atom. The zero-order valence-electron chi connectivity index (χ0n) is 9.45. The highest BCUT2D eigenvalue weighted by Gasteiger charge is 2.15. The van der Waals surface area contributed by atoms with Crippen molar-refractivity contribution in [3.05, 3.63) is 51.1 Å². The van der Waals surface area contributed by atoms with Gasteiger partial charge in [0.2, 0.25) is 0 Å². The molecule has 0 unspecified atom stereocenters. The number of nitrogens with one attached hydrogen (secondary N) is 1. The molecule has 1 aromatic heterocycles. The molecule has 0 atom stereocenters. The Balaban J connectivity index is 2.31. The summed E-state index contributed by atoms with van der Waals surface area (Å²) >= 11 is 17.7. The first-order chi connectivity index (χ1) is 8.99. The molecule has 0 spiro atoms. The van der Waals surface area contributed by atoms with Gasteiger partial charge in [-0.1, -0.05) is 40.9 Å². The minimum Gasteiger partial charge on any atom is -0.384 e. The molecule has 4 nitrogen and oxygen atoms in total. The molecule has 0 saturated carbocycles. The first-order valence-corrected chi connectivity index (χ1v) is 6.30. The Kier molecular flexibility index (Phi) is 4.14. The van der Waals surface area contributed by atoms with Crippen molar-refractivity contribution in [2.45, 2.75) is 0 Å². The molecule has 2 aromatic rings. The second-order valence-electron chi connectivity index (χ2n) is 3.62. The van der Waals surface area contributed by atoms with E-state index in [0.717, 1.165) is 0 Å². The molecule has 0 fully saturated rings. The molecule has 2 rings (SSSR count). The van der Waals surface area contributed by atoms with Crippen molar-refractivity contribution < 1.29 is 4.79 Å². The van der Waals surface area contributed by atoms with E-state index < -0.39 is 5.91 Å². The number of hydrogen-bond acceptors (Lipinski definition) is 3. The summed E-state index contributed by atoms with van der Waals surface area (Å²) in [6.45, 7) is 0. The van der Waals surface area contributed by atoms with Crippen LogP contribution in [0.3, 0.4) is 0 Å². The van der Waals surface area contributed by atoms with E-state index in [1.807, 2.05) is 0 Å². The van der Waals surface area contributed by atoms with Gasteiger partial charge in [0.1, 0.15) is 11.5 Å². The maximum absolute atomic E-state index is 12.0. The number of amides is 1. The molecular formula is C12H8Cl3N3O. The van der Waals surface area contributed by atoms with E-state index in [1.54, 1.807) is 18.2 Å². The fraction of sp³-hybridized carbons (Fsp3) is 0. The number of hydrogen-bond donors (Lipinski definition) is 2. The normalized spacial score (nSPS) is 10.3. The molecule has 0 radical (unpaired) electrons. The van der Waals surface area contributed by atoms with Crippen LogP contribution in [0.4, 0.5) is 11.5 Å². The van der Waals surface area contributed by atoms with Crippen LogP contribution < -0.4 is 11.1 Å². The SMILES string of the molecule is Nc1ccc(Cl)c(C(=O)Nc2cccc(Cl)c2Cl)n1. The number of nitrogen functional groups attached to an aromatic ring is 1. The van der Waals surface area contributed by atoms with Crippen molar-refractivity contribution >= 4 is 52.2 Å². The summed E-state index contributed by atoms with van der Waals surface area (Å²) in [6, 6.07) is 7.90. The molecule has 3 N–H and O–H groups in total. The van der Waals surface area contributed by atoms with E-state index in [1.165, 1.54) is 12.1 Å². The number of nitrogens with two attached hydrogens (primary N) is 1. The zero-order chi connectivity index (χ0) is 14.0. The van der Waals surface area contributed by atoms with E-state index >= 15 is 0 Å². The molecule has 1 aromatic carbocycles. The predicted molar refractivity (Wildman–Crippen MR) is 78.1 cm³/mol. The van der Waals surface area contributed by atoms with Gasteiger partial charge in [-0.2, -0.15) is 0 Å². The molecule has 7 heteroatoms. The summed E-state index contributed by atoms with van der Waals surface area (Å²) < 4.78 is 0. The topological polar surface area (TPSA) is 68.0 Å². The Hall–Kier alpha value is -1.49. The number of nitrogens with zero attached hydrogens (tertiary/aromatic N) is 1. The summed E-state index contributed by atoms with van der Waals surface area (Å²) in [4.78, 5) is 15.9. The molecule has 98 valence electrons. The maximum Gasteiger partial charge on any atom is 0.275 e. The first kappa shape index (κ1) is 13.9. The van der Waals surface area contributed by atoms with E-state index in [2.05, 4.69) is 10.3 Å². The van der Waals surface area contributed by atoms with Gasteiger partial charge in [-0.3, -0.25) is 4.79 Å². The number of carbonyl (C=O) groups excluding carboxylic acids is 1. The first-order valence-electron chi connectivity index (χ1n) is 5.16. The van der Waals surface area contributed by atoms with Gasteiger partial charge in [-0.15, -0.1) is 0 Å². The van der Waals surface area contributed by atoms with Crippen molar-refractivity contribution in [2.24, 2.45) is 0 Å². The van der Waals surface area contributed by atoms with Crippen LogP contribution in [0.15, 0.2) is 30.3 Å². The molecule has 0 aliphatic rings. The van der Waals surface area contributed by atoms with Crippen molar-refractivity contribution in [1.29, 1.82) is 0 Å². The highest BCUT2D eigenvalue weighted by atomic mass is 35.5. The van der Waals surface area contributed by atoms with Crippen LogP contribution in [0.2, 0.25) is 15.1 Å². The fourth-order valence-electron chi connectivity index (χ4n) is 1.40. The number of pyridine rings is 1. The molecule has 0 aliphatic heterocycles. The molecule has 1 amide bonds. The van der Waals surface area contributed by atoms with Crippen molar-refractivity contribution in [3.63, 3.8) is 0 Å². The molecule has 0 bridgehead atoms. The standard InChI is InChI=1S/C12H8Cl3N3O/c13-6-2-1-3-8(10(6)15)17-12(19)11-7(14)4-5-9(16)18-11/h1-5H,(H2,16,18)(H,17,19). The van der Waals surface area contributed by atoms with Crippen LogP contribution in [0.5, 0.6) is 0 Å². The van der Waals surface area contributed by atoms with Gasteiger partial charge in [0, 0.05) is 0 Å². The average molecular weight is 317 g/mol. The lowest BCUT2D eigenvalue weighted by atomic mass is 10.3. The summed E-state index contributed by atoms with van der Waals surface area (Å²) in [7, 11) is 0. The van der Waals surface area contributed by atoms with Gasteiger partial charge in [-0.05, 0) is 24.3 Å². The van der Waals surface area contributed by atoms with Crippen LogP contribution >= 0.6 is 34.8 Å². The van der Waals surface area contributed by atoms with Crippen LogP contribution in [-0.4, -0.2) is 10.9 Å². The van der Waals surface area contributed by atoms with Crippen molar-refractivity contribution in [3.8, 4) is 0 Å². The van der Waals surface area contributed by atoms with Crippen LogP contribution in [0.1, 0.15) is 10.5 Å². The second kappa shape index (κ2) is 5.65. The monoisotopic (exact) mass is 315 g/mol. The lowest BCUT2D eigenvalue weighted by molar-refractivity contribution is 0.102. The Morgan fingerprint density at radius 1 is 1.11 bits per heavy atom. The van der Waals surface area contributed by atoms with Crippen molar-refractivity contribution in [1.82, 2.24) is 4.98 Å². The third-order valence-corrected chi connectivity index (χ3v) is 3.41. The van der Waals surface area contributed by atoms with Crippen LogP contribution in [-0.2, 0) is 0 Å². The van der Waals surface area contributed by atoms with E-state index in [0.29, 0.717) is 10.7 Å². The average Bonchev–Trinajstić information content (AvgIpc) is 2.38. The van der Waals surface area contributed by atoms with Gasteiger partial charge >= 0.3 is 0 Å². The number of carbonyl (C=O) groups is 1. The van der Waals surface area contributed by atoms with Crippen LogP contribution in [0, 0.1) is 0 Å². The summed E-state index contributed by atoms with van der Waals surface area (Å²) in [6.07, 6.45) is 0. The summed E-state index contributed by atoms with van der Waals surface area (Å²) in [5, 5.41) is 3.36. The van der Waals surface area contributed by atoms with E-state index in [9.17, 15) is 4.79 Å². The second-order valence-corrected chi connectivity index (χ2v) is 4.81. The molecule has 0 saturated heterocycles. The van der Waals surface area contributed by atoms with Crippen LogP contribution in [0.25, 0.3) is 0 Å². The lowest BCUT2D eigenvalue weighted by Crippen LogP contribution is -2.15. The van der Waals surface area contributed by atoms with Crippen molar-refractivity contribution in [2.75, 3.05) is 11.1 Å². The maximum atomic E-state index is 12.0. The summed E-state index contributed by atoms with van der Waals surface area (Å²) in [5.41, 5.74) is 5.92. The Bertz CT molecular complexity index is 646. The Labute approximate surface area is 124 Å². The zero-order valence-corrected chi connectivity index (χ0v) is 11.7. The number of aromatic nitrogens is 1. The van der Waals surface area contributed by atoms with Gasteiger partial charge in [0.25, 0.3) is 5.91 Å². The van der Waals surface area contributed by atoms with Gasteiger partial charge in [0.05, 0.1) is 20.8 Å². The quantitative estimate of drug-likeness (QED) is 0.883. The van der Waals surface area contributed by atoms with Gasteiger partial charge in [-0.25, -0.2) is 4.98 Å². The third kappa shape index (κ3) is 3.10. The highest BCUT2D eigenvalue weighted by molar-refractivity contribution is 6.44. The fourth-order valence-corrected chi connectivity index (χ4v) is 1.94. The lowest BCUT2D eigenvalue weighted by Gasteiger charge is -2.09. The van der Waals surface area contributed by atoms with Gasteiger partial charge < -0.3 is 11.1 Å². The minimum atomic E-state index is -0.513.